The largest absolute Gasteiger partial charge is 0.293 e. The predicted octanol–water partition coefficient (Wildman–Crippen LogP) is 3.93. The highest BCUT2D eigenvalue weighted by molar-refractivity contribution is 9.13. The molecule has 0 amide bonds. The van der Waals surface area contributed by atoms with Crippen LogP contribution in [0.2, 0.25) is 0 Å². The maximum absolute atomic E-state index is 12.9. The number of Topliss-reactive ketones (excluding diaryl/α,β-unsaturated/α-hetero) is 1. The summed E-state index contributed by atoms with van der Waals surface area (Å²) in [5.74, 6) is -0.481. The van der Waals surface area contributed by atoms with Gasteiger partial charge >= 0.3 is 0 Å². The first-order valence-electron chi connectivity index (χ1n) is 3.30. The minimum absolute atomic E-state index is 0.0902. The molecule has 0 heterocycles. The van der Waals surface area contributed by atoms with Crippen LogP contribution in [0.4, 0.5) is 4.39 Å². The van der Waals surface area contributed by atoms with Crippen LogP contribution < -0.4 is 0 Å². The molecule has 1 nitrogen and oxygen atoms in total. The van der Waals surface area contributed by atoms with Crippen LogP contribution in [0.25, 0.3) is 0 Å². The number of alkyl halides is 1. The van der Waals surface area contributed by atoms with E-state index in [2.05, 4.69) is 47.8 Å². The second-order valence-corrected chi connectivity index (χ2v) is 4.43. The van der Waals surface area contributed by atoms with Crippen LogP contribution in [0.1, 0.15) is 10.4 Å². The zero-order chi connectivity index (χ0) is 10.0. The first-order chi connectivity index (χ1) is 6.07. The van der Waals surface area contributed by atoms with Crippen molar-refractivity contribution in [3.05, 3.63) is 32.5 Å². The van der Waals surface area contributed by atoms with Crippen molar-refractivity contribution >= 4 is 53.6 Å². The van der Waals surface area contributed by atoms with E-state index >= 15 is 0 Å². The lowest BCUT2D eigenvalue weighted by Gasteiger charge is -2.03. The molecule has 0 saturated carbocycles. The van der Waals surface area contributed by atoms with Crippen molar-refractivity contribution in [2.45, 2.75) is 0 Å². The SMILES string of the molecule is O=C(CBr)c1ccc(F)c(Br)c1Br. The summed E-state index contributed by atoms with van der Waals surface area (Å²) < 4.78 is 13.7. The summed E-state index contributed by atoms with van der Waals surface area (Å²) in [6.07, 6.45) is 0. The van der Waals surface area contributed by atoms with Gasteiger partial charge in [0.2, 0.25) is 0 Å². The Morgan fingerprint density at radius 3 is 2.46 bits per heavy atom. The zero-order valence-corrected chi connectivity index (χ0v) is 11.0. The van der Waals surface area contributed by atoms with Gasteiger partial charge in [-0.25, -0.2) is 4.39 Å². The summed E-state index contributed by atoms with van der Waals surface area (Å²) in [5, 5.41) is 0.226. The predicted molar refractivity (Wildman–Crippen MR) is 59.9 cm³/mol. The second-order valence-electron chi connectivity index (χ2n) is 2.28. The Bertz CT molecular complexity index is 351. The van der Waals surface area contributed by atoms with Crippen molar-refractivity contribution in [2.24, 2.45) is 0 Å². The molecule has 0 aliphatic carbocycles. The topological polar surface area (TPSA) is 17.1 Å². The number of hydrogen-bond donors (Lipinski definition) is 0. The summed E-state index contributed by atoms with van der Waals surface area (Å²) in [6, 6.07) is 2.71. The number of rotatable bonds is 2. The number of carbonyl (C=O) groups excluding carboxylic acids is 1. The second kappa shape index (κ2) is 4.66. The van der Waals surface area contributed by atoms with Crippen LogP contribution in [0.15, 0.2) is 21.1 Å². The Hall–Kier alpha value is 0.260. The quantitative estimate of drug-likeness (QED) is 0.435. The molecule has 0 aliphatic heterocycles. The van der Waals surface area contributed by atoms with Gasteiger partial charge in [-0.05, 0) is 44.0 Å². The molecule has 0 N–H and O–H groups in total. The van der Waals surface area contributed by atoms with Crippen molar-refractivity contribution in [1.29, 1.82) is 0 Å². The van der Waals surface area contributed by atoms with Gasteiger partial charge in [-0.2, -0.15) is 0 Å². The van der Waals surface area contributed by atoms with Gasteiger partial charge in [0.05, 0.1) is 9.80 Å². The Kier molecular flexibility index (Phi) is 4.06. The van der Waals surface area contributed by atoms with Gasteiger partial charge < -0.3 is 0 Å². The molecule has 0 fully saturated rings. The number of ketones is 1. The molecule has 1 rings (SSSR count). The van der Waals surface area contributed by atoms with Gasteiger partial charge in [0.15, 0.2) is 5.78 Å². The van der Waals surface area contributed by atoms with Gasteiger partial charge in [0, 0.05) is 10.0 Å². The van der Waals surface area contributed by atoms with Gasteiger partial charge in [-0.15, -0.1) is 0 Å². The molecule has 0 aromatic heterocycles. The van der Waals surface area contributed by atoms with E-state index in [1.54, 1.807) is 0 Å². The van der Waals surface area contributed by atoms with Crippen molar-refractivity contribution < 1.29 is 9.18 Å². The smallest absolute Gasteiger partial charge is 0.174 e. The number of hydrogen-bond acceptors (Lipinski definition) is 1. The first-order valence-corrected chi connectivity index (χ1v) is 6.01. The molecule has 70 valence electrons. The Balaban J connectivity index is 3.26. The highest BCUT2D eigenvalue weighted by atomic mass is 79.9. The molecule has 0 atom stereocenters. The van der Waals surface area contributed by atoms with E-state index < -0.39 is 5.82 Å². The molecule has 1 aromatic carbocycles. The summed E-state index contributed by atoms with van der Waals surface area (Å²) in [6.45, 7) is 0. The fourth-order valence-corrected chi connectivity index (χ4v) is 2.00. The Morgan fingerprint density at radius 1 is 1.31 bits per heavy atom. The van der Waals surface area contributed by atoms with Gasteiger partial charge in [0.1, 0.15) is 5.82 Å². The average Bonchev–Trinajstić information content (AvgIpc) is 2.13. The van der Waals surface area contributed by atoms with E-state index in [1.807, 2.05) is 0 Å². The van der Waals surface area contributed by atoms with Gasteiger partial charge in [-0.1, -0.05) is 15.9 Å². The van der Waals surface area contributed by atoms with Crippen molar-refractivity contribution in [3.63, 3.8) is 0 Å². The van der Waals surface area contributed by atoms with E-state index in [1.165, 1.54) is 12.1 Å². The Labute approximate surface area is 100 Å². The molecule has 5 heteroatoms. The van der Waals surface area contributed by atoms with E-state index in [0.29, 0.717) is 10.0 Å². The molecule has 0 unspecified atom stereocenters. The average molecular weight is 375 g/mol. The Morgan fingerprint density at radius 2 is 1.92 bits per heavy atom. The fourth-order valence-electron chi connectivity index (χ4n) is 0.813. The van der Waals surface area contributed by atoms with Crippen LogP contribution in [0.3, 0.4) is 0 Å². The van der Waals surface area contributed by atoms with Crippen molar-refractivity contribution in [3.8, 4) is 0 Å². The lowest BCUT2D eigenvalue weighted by Crippen LogP contribution is -2.02. The number of halogens is 4. The molecule has 13 heavy (non-hydrogen) atoms. The third-order valence-corrected chi connectivity index (χ3v) is 4.10. The highest BCUT2D eigenvalue weighted by Crippen LogP contribution is 2.29. The van der Waals surface area contributed by atoms with E-state index in [4.69, 9.17) is 0 Å². The summed E-state index contributed by atoms with van der Waals surface area (Å²) in [5.41, 5.74) is 0.463. The minimum Gasteiger partial charge on any atom is -0.293 e. The normalized spacial score (nSPS) is 10.2. The fraction of sp³-hybridized carbons (Fsp3) is 0.125. The molecule has 0 saturated heterocycles. The van der Waals surface area contributed by atoms with E-state index in [-0.39, 0.29) is 15.6 Å². The number of benzene rings is 1. The van der Waals surface area contributed by atoms with Crippen LogP contribution in [-0.4, -0.2) is 11.1 Å². The van der Waals surface area contributed by atoms with Crippen molar-refractivity contribution in [1.82, 2.24) is 0 Å². The van der Waals surface area contributed by atoms with Crippen LogP contribution in [-0.2, 0) is 0 Å². The molecule has 0 spiro atoms. The lowest BCUT2D eigenvalue weighted by molar-refractivity contribution is 0.102. The maximum Gasteiger partial charge on any atom is 0.174 e. The highest BCUT2D eigenvalue weighted by Gasteiger charge is 2.13. The molecular formula is C8H4Br3FO. The third kappa shape index (κ3) is 2.39. The lowest BCUT2D eigenvalue weighted by atomic mass is 10.1. The molecular weight excluding hydrogens is 371 g/mol. The van der Waals surface area contributed by atoms with Gasteiger partial charge in [0.25, 0.3) is 0 Å². The number of carbonyl (C=O) groups is 1. The van der Waals surface area contributed by atoms with E-state index in [9.17, 15) is 9.18 Å². The maximum atomic E-state index is 12.9. The van der Waals surface area contributed by atoms with Crippen LogP contribution in [0, 0.1) is 5.82 Å². The summed E-state index contributed by atoms with van der Waals surface area (Å²) in [4.78, 5) is 11.3. The molecule has 0 bridgehead atoms. The van der Waals surface area contributed by atoms with Crippen LogP contribution in [0.5, 0.6) is 0 Å². The third-order valence-electron chi connectivity index (χ3n) is 1.46. The monoisotopic (exact) mass is 372 g/mol. The first kappa shape index (κ1) is 11.3. The zero-order valence-electron chi connectivity index (χ0n) is 6.28. The summed E-state index contributed by atoms with van der Waals surface area (Å²) >= 11 is 9.23. The van der Waals surface area contributed by atoms with Crippen LogP contribution >= 0.6 is 47.8 Å². The minimum atomic E-state index is -0.391. The van der Waals surface area contributed by atoms with Gasteiger partial charge in [-0.3, -0.25) is 4.79 Å². The molecule has 0 radical (unpaired) electrons. The van der Waals surface area contributed by atoms with Crippen molar-refractivity contribution in [2.75, 3.05) is 5.33 Å². The summed E-state index contributed by atoms with van der Waals surface area (Å²) in [7, 11) is 0. The molecule has 0 aliphatic rings. The van der Waals surface area contributed by atoms with E-state index in [0.717, 1.165) is 0 Å². The molecule has 1 aromatic rings. The standard InChI is InChI=1S/C8H4Br3FO/c9-3-6(13)4-1-2-5(12)8(11)7(4)10/h1-2H,3H2.